The zero-order chi connectivity index (χ0) is 15.4. The molecule has 0 bridgehead atoms. The number of nitrogens with zero attached hydrogens (tertiary/aromatic N) is 2. The molecular weight excluding hydrogens is 327 g/mol. The van der Waals surface area contributed by atoms with Crippen molar-refractivity contribution >= 4 is 28.9 Å². The molecule has 19 heavy (non-hydrogen) atoms. The Balaban J connectivity index is 0.000000555. The van der Waals surface area contributed by atoms with Crippen LogP contribution in [0.15, 0.2) is 16.6 Å². The fourth-order valence-electron chi connectivity index (χ4n) is 1.44. The van der Waals surface area contributed by atoms with Gasteiger partial charge in [0, 0.05) is 10.0 Å². The number of rotatable bonds is 0. The van der Waals surface area contributed by atoms with Gasteiger partial charge in [-0.25, -0.2) is 0 Å². The van der Waals surface area contributed by atoms with Crippen LogP contribution in [0.25, 0.3) is 4.98 Å². The van der Waals surface area contributed by atoms with E-state index in [0.29, 0.717) is 5.69 Å². The summed E-state index contributed by atoms with van der Waals surface area (Å²) in [5.74, 6) is 0. The second-order valence-corrected chi connectivity index (χ2v) is 5.88. The number of hydrogen-bond acceptors (Lipinski definition) is 1. The quantitative estimate of drug-likeness (QED) is 0.331. The summed E-state index contributed by atoms with van der Waals surface area (Å²) in [6.07, 6.45) is 0. The van der Waals surface area contributed by atoms with Crippen LogP contribution >= 0.6 is 15.9 Å². The Hall–Kier alpha value is -1.10. The molecule has 0 heterocycles. The Morgan fingerprint density at radius 1 is 1.16 bits per heavy atom. The van der Waals surface area contributed by atoms with Crippen LogP contribution in [-0.4, -0.2) is 7.25 Å². The molecule has 0 aliphatic rings. The maximum atomic E-state index is 9.75. The van der Waals surface area contributed by atoms with Gasteiger partial charge in [0.15, 0.2) is 4.98 Å². The zero-order valence-electron chi connectivity index (χ0n) is 11.0. The highest BCUT2D eigenvalue weighted by Crippen LogP contribution is 2.36. The lowest BCUT2D eigenvalue weighted by Crippen LogP contribution is -2.11. The average Bonchev–Trinajstić information content (AvgIpc) is 2.12. The zero-order valence-corrected chi connectivity index (χ0v) is 12.6. The summed E-state index contributed by atoms with van der Waals surface area (Å²) in [5.41, 5.74) is 2.69. The van der Waals surface area contributed by atoms with Gasteiger partial charge in [-0.2, -0.15) is 0 Å². The second-order valence-electron chi connectivity index (χ2n) is 4.96. The largest absolute Gasteiger partial charge is 0.673 e. The lowest BCUT2D eigenvalue weighted by Gasteiger charge is -2.17. The predicted molar refractivity (Wildman–Crippen MR) is 72.5 cm³/mol. The van der Waals surface area contributed by atoms with Crippen molar-refractivity contribution in [3.8, 4) is 0 Å². The van der Waals surface area contributed by atoms with Crippen molar-refractivity contribution in [2.24, 2.45) is 0 Å². The fraction of sp³-hybridized carbons (Fsp3) is 0.455. The van der Waals surface area contributed by atoms with E-state index in [1.807, 2.05) is 19.1 Å². The van der Waals surface area contributed by atoms with E-state index < -0.39 is 7.25 Å². The van der Waals surface area contributed by atoms with Crippen LogP contribution in [-0.2, 0) is 5.41 Å². The summed E-state index contributed by atoms with van der Waals surface area (Å²) in [7, 11) is -6.00. The number of hydrogen-bond donors (Lipinski definition) is 0. The van der Waals surface area contributed by atoms with E-state index in [2.05, 4.69) is 41.7 Å². The maximum Gasteiger partial charge on any atom is 0.673 e. The molecule has 1 rings (SSSR count). The summed E-state index contributed by atoms with van der Waals surface area (Å²) in [6, 6.07) is 3.95. The molecular formula is C11H14BBrF4N2. The van der Waals surface area contributed by atoms with E-state index in [1.165, 1.54) is 0 Å². The average molecular weight is 341 g/mol. The van der Waals surface area contributed by atoms with Crippen molar-refractivity contribution < 1.29 is 17.3 Å². The number of halogens is 5. The molecule has 0 fully saturated rings. The van der Waals surface area contributed by atoms with E-state index >= 15 is 0 Å². The second kappa shape index (κ2) is 6.37. The molecule has 0 saturated carbocycles. The molecule has 1 aromatic carbocycles. The molecule has 0 N–H and O–H groups in total. The van der Waals surface area contributed by atoms with Gasteiger partial charge in [0.1, 0.15) is 0 Å². The van der Waals surface area contributed by atoms with E-state index in [9.17, 15) is 17.3 Å². The van der Waals surface area contributed by atoms with Gasteiger partial charge in [0.25, 0.3) is 0 Å². The molecule has 0 amide bonds. The van der Waals surface area contributed by atoms with Crippen LogP contribution in [0.2, 0.25) is 0 Å². The van der Waals surface area contributed by atoms with Gasteiger partial charge in [-0.15, -0.1) is 0 Å². The summed E-state index contributed by atoms with van der Waals surface area (Å²) in [5, 5.41) is 8.96. The normalized spacial score (nSPS) is 11.4. The van der Waals surface area contributed by atoms with E-state index in [1.54, 1.807) is 0 Å². The minimum Gasteiger partial charge on any atom is -0.418 e. The van der Waals surface area contributed by atoms with Gasteiger partial charge >= 0.3 is 12.9 Å². The highest BCUT2D eigenvalue weighted by Gasteiger charge is 2.27. The van der Waals surface area contributed by atoms with Gasteiger partial charge in [-0.3, -0.25) is 0 Å². The molecule has 0 atom stereocenters. The predicted octanol–water partition coefficient (Wildman–Crippen LogP) is 5.84. The third-order valence-electron chi connectivity index (χ3n) is 2.17. The van der Waals surface area contributed by atoms with Crippen molar-refractivity contribution in [1.29, 1.82) is 5.39 Å². The minimum absolute atomic E-state index is 0.0178. The third kappa shape index (κ3) is 7.16. The lowest BCUT2D eigenvalue weighted by atomic mass is 9.85. The molecule has 0 aliphatic heterocycles. The first-order valence-corrected chi connectivity index (χ1v) is 6.18. The molecule has 106 valence electrons. The maximum absolute atomic E-state index is 9.75. The van der Waals surface area contributed by atoms with Crippen molar-refractivity contribution in [2.75, 3.05) is 0 Å². The van der Waals surface area contributed by atoms with Crippen molar-refractivity contribution in [3.05, 3.63) is 32.7 Å². The third-order valence-corrected chi connectivity index (χ3v) is 2.63. The molecule has 8 heteroatoms. The minimum atomic E-state index is -6.00. The first-order valence-electron chi connectivity index (χ1n) is 5.39. The fourth-order valence-corrected chi connectivity index (χ4v) is 2.01. The van der Waals surface area contributed by atoms with Gasteiger partial charge in [-0.05, 0) is 24.5 Å². The molecule has 0 saturated heterocycles. The van der Waals surface area contributed by atoms with Gasteiger partial charge < -0.3 is 17.3 Å². The molecule has 0 unspecified atom stereocenters. The Kier molecular flexibility index (Phi) is 6.01. The standard InChI is InChI=1S/C11H14BrN2.BF4/c1-7-5-8(12)6-9(10(7)14-13)11(2,3)4;2-1(3,4)5/h5-6H,1-4H3;/q+1;-1. The molecule has 1 aromatic rings. The number of aryl methyl sites for hydroxylation is 1. The van der Waals surface area contributed by atoms with Gasteiger partial charge in [0.2, 0.25) is 5.39 Å². The van der Waals surface area contributed by atoms with Crippen LogP contribution in [0.1, 0.15) is 31.9 Å². The van der Waals surface area contributed by atoms with Crippen molar-refractivity contribution in [2.45, 2.75) is 33.1 Å². The first kappa shape index (κ1) is 17.9. The highest BCUT2D eigenvalue weighted by atomic mass is 79.9. The lowest BCUT2D eigenvalue weighted by molar-refractivity contribution is 0.368. The van der Waals surface area contributed by atoms with Crippen LogP contribution in [0, 0.1) is 12.3 Å². The molecule has 2 nitrogen and oxygen atoms in total. The molecule has 0 aromatic heterocycles. The monoisotopic (exact) mass is 340 g/mol. The van der Waals surface area contributed by atoms with Crippen molar-refractivity contribution in [1.82, 2.24) is 0 Å². The van der Waals surface area contributed by atoms with E-state index in [4.69, 9.17) is 5.39 Å². The number of diazo groups is 1. The molecule has 0 aliphatic carbocycles. The van der Waals surface area contributed by atoms with Crippen LogP contribution in [0.4, 0.5) is 23.0 Å². The Morgan fingerprint density at radius 3 is 1.89 bits per heavy atom. The summed E-state index contributed by atoms with van der Waals surface area (Å²) < 4.78 is 40.0. The first-order chi connectivity index (χ1) is 8.36. The topological polar surface area (TPSA) is 28.1 Å². The molecule has 0 spiro atoms. The van der Waals surface area contributed by atoms with Crippen LogP contribution < -0.4 is 0 Å². The summed E-state index contributed by atoms with van der Waals surface area (Å²) in [4.78, 5) is 3.36. The smallest absolute Gasteiger partial charge is 0.418 e. The number of benzene rings is 1. The summed E-state index contributed by atoms with van der Waals surface area (Å²) in [6.45, 7) is 8.24. The van der Waals surface area contributed by atoms with Gasteiger partial charge in [-0.1, -0.05) is 36.7 Å². The Morgan fingerprint density at radius 2 is 1.58 bits per heavy atom. The van der Waals surface area contributed by atoms with Crippen LogP contribution in [0.5, 0.6) is 0 Å². The highest BCUT2D eigenvalue weighted by molar-refractivity contribution is 9.10. The van der Waals surface area contributed by atoms with Crippen molar-refractivity contribution in [3.63, 3.8) is 0 Å². The Labute approximate surface area is 118 Å². The van der Waals surface area contributed by atoms with E-state index in [0.717, 1.165) is 15.6 Å². The van der Waals surface area contributed by atoms with Gasteiger partial charge in [0.05, 0.1) is 5.56 Å². The van der Waals surface area contributed by atoms with Crippen LogP contribution in [0.3, 0.4) is 0 Å². The SMILES string of the molecule is Cc1cc(Br)cc(C(C)(C)C)c1[N+]#N.F[B-](F)(F)F. The molecule has 0 radical (unpaired) electrons. The van der Waals surface area contributed by atoms with E-state index in [-0.39, 0.29) is 5.41 Å². The Bertz CT molecular complexity index is 483. The summed E-state index contributed by atoms with van der Waals surface area (Å²) >= 11 is 3.45.